The molecule has 0 aromatic heterocycles. The third-order valence-electron chi connectivity index (χ3n) is 7.52. The first-order valence-electron chi connectivity index (χ1n) is 12.9. The molecular weight excluding hydrogens is 478 g/mol. The number of urea groups is 1. The van der Waals surface area contributed by atoms with E-state index < -0.39 is 0 Å². The van der Waals surface area contributed by atoms with Crippen LogP contribution in [-0.2, 0) is 6.42 Å². The molecule has 2 aromatic carbocycles. The van der Waals surface area contributed by atoms with E-state index in [1.807, 2.05) is 12.1 Å². The number of methoxy groups -OCH3 is 3. The van der Waals surface area contributed by atoms with Gasteiger partial charge in [0.1, 0.15) is 0 Å². The lowest BCUT2D eigenvalue weighted by atomic mass is 9.85. The minimum atomic E-state index is -0.209. The quantitative estimate of drug-likeness (QED) is 0.468. The van der Waals surface area contributed by atoms with Gasteiger partial charge in [0, 0.05) is 29.2 Å². The highest BCUT2D eigenvalue weighted by Crippen LogP contribution is 2.40. The molecule has 2 amide bonds. The summed E-state index contributed by atoms with van der Waals surface area (Å²) >= 11 is 6.04. The zero-order valence-corrected chi connectivity index (χ0v) is 22.3. The summed E-state index contributed by atoms with van der Waals surface area (Å²) in [6.45, 7) is 2.16. The molecule has 196 valence electrons. The summed E-state index contributed by atoms with van der Waals surface area (Å²) in [5.74, 6) is 2.20. The molecular formula is C28H38ClN3O4. The van der Waals surface area contributed by atoms with E-state index in [2.05, 4.69) is 27.7 Å². The van der Waals surface area contributed by atoms with Crippen molar-refractivity contribution in [2.45, 2.75) is 57.0 Å². The van der Waals surface area contributed by atoms with Crippen LogP contribution in [0.4, 0.5) is 10.5 Å². The Bertz CT molecular complexity index is 983. The predicted octanol–water partition coefficient (Wildman–Crippen LogP) is 5.75. The Hall–Kier alpha value is -2.64. The molecule has 2 fully saturated rings. The van der Waals surface area contributed by atoms with Gasteiger partial charge in [-0.2, -0.15) is 0 Å². The Morgan fingerprint density at radius 3 is 2.19 bits per heavy atom. The number of halogens is 1. The van der Waals surface area contributed by atoms with Gasteiger partial charge in [-0.25, -0.2) is 4.79 Å². The molecule has 1 saturated carbocycles. The van der Waals surface area contributed by atoms with Gasteiger partial charge >= 0.3 is 6.03 Å². The Morgan fingerprint density at radius 1 is 0.944 bits per heavy atom. The Kier molecular flexibility index (Phi) is 9.21. The first-order chi connectivity index (χ1) is 17.5. The van der Waals surface area contributed by atoms with Crippen molar-refractivity contribution < 1.29 is 19.0 Å². The topological polar surface area (TPSA) is 72.1 Å². The molecule has 2 atom stereocenters. The number of rotatable bonds is 8. The smallest absolute Gasteiger partial charge is 0.319 e. The highest BCUT2D eigenvalue weighted by Gasteiger charge is 2.33. The van der Waals surface area contributed by atoms with Crippen molar-refractivity contribution >= 4 is 23.3 Å². The number of benzene rings is 2. The SMILES string of the molecule is COc1cc(NC(=O)NC2CCCC[C@H]2N2CCC(Cc3ccc(Cl)cc3)CC2)cc(OC)c1OC. The van der Waals surface area contributed by atoms with E-state index in [-0.39, 0.29) is 12.1 Å². The number of amides is 2. The van der Waals surface area contributed by atoms with Crippen LogP contribution >= 0.6 is 11.6 Å². The second-order valence-corrected chi connectivity index (χ2v) is 10.2. The zero-order chi connectivity index (χ0) is 25.5. The molecule has 0 radical (unpaired) electrons. The molecule has 0 bridgehead atoms. The van der Waals surface area contributed by atoms with Crippen LogP contribution in [0.2, 0.25) is 5.02 Å². The number of nitrogens with one attached hydrogen (secondary N) is 2. The number of nitrogens with zero attached hydrogens (tertiary/aromatic N) is 1. The van der Waals surface area contributed by atoms with Gasteiger partial charge in [-0.1, -0.05) is 36.6 Å². The van der Waals surface area contributed by atoms with E-state index in [1.54, 1.807) is 33.5 Å². The van der Waals surface area contributed by atoms with Gasteiger partial charge in [0.05, 0.1) is 27.0 Å². The molecule has 0 spiro atoms. The second-order valence-electron chi connectivity index (χ2n) is 9.78. The number of hydrogen-bond donors (Lipinski definition) is 2. The molecule has 2 aliphatic rings. The number of piperidine rings is 1. The maximum absolute atomic E-state index is 13.0. The van der Waals surface area contributed by atoms with Crippen LogP contribution in [0, 0.1) is 5.92 Å². The first kappa shape index (κ1) is 26.4. The lowest BCUT2D eigenvalue weighted by Crippen LogP contribution is -2.55. The van der Waals surface area contributed by atoms with Crippen molar-refractivity contribution in [1.82, 2.24) is 10.2 Å². The van der Waals surface area contributed by atoms with Crippen LogP contribution in [0.15, 0.2) is 36.4 Å². The van der Waals surface area contributed by atoms with Gasteiger partial charge < -0.3 is 24.8 Å². The molecule has 7 nitrogen and oxygen atoms in total. The normalized spacial score (nSPS) is 21.0. The summed E-state index contributed by atoms with van der Waals surface area (Å²) in [5.41, 5.74) is 1.95. The third-order valence-corrected chi connectivity index (χ3v) is 7.78. The minimum absolute atomic E-state index is 0.133. The molecule has 1 heterocycles. The lowest BCUT2D eigenvalue weighted by Gasteiger charge is -2.43. The van der Waals surface area contributed by atoms with E-state index in [9.17, 15) is 4.79 Å². The number of carbonyl (C=O) groups excluding carboxylic acids is 1. The number of carbonyl (C=O) groups is 1. The summed E-state index contributed by atoms with van der Waals surface area (Å²) in [6.07, 6.45) is 7.94. The van der Waals surface area contributed by atoms with Crippen LogP contribution in [0.5, 0.6) is 17.2 Å². The van der Waals surface area contributed by atoms with Crippen LogP contribution in [0.1, 0.15) is 44.1 Å². The maximum Gasteiger partial charge on any atom is 0.319 e. The molecule has 2 N–H and O–H groups in total. The predicted molar refractivity (Wildman–Crippen MR) is 144 cm³/mol. The van der Waals surface area contributed by atoms with Crippen molar-refractivity contribution in [3.05, 3.63) is 47.0 Å². The molecule has 4 rings (SSSR count). The fraction of sp³-hybridized carbons (Fsp3) is 0.536. The molecule has 1 unspecified atom stereocenters. The number of hydrogen-bond acceptors (Lipinski definition) is 5. The van der Waals surface area contributed by atoms with E-state index in [1.165, 1.54) is 24.8 Å². The van der Waals surface area contributed by atoms with Crippen molar-refractivity contribution in [2.75, 3.05) is 39.7 Å². The fourth-order valence-corrected chi connectivity index (χ4v) is 5.77. The molecule has 1 aliphatic carbocycles. The van der Waals surface area contributed by atoms with Crippen molar-refractivity contribution in [3.8, 4) is 17.2 Å². The Labute approximate surface area is 219 Å². The highest BCUT2D eigenvalue weighted by atomic mass is 35.5. The standard InChI is InChI=1S/C28H38ClN3O4/c1-34-25-17-22(18-26(35-2)27(25)36-3)30-28(33)31-23-6-4-5-7-24(23)32-14-12-20(13-15-32)16-19-8-10-21(29)11-9-19/h8-11,17-18,20,23-24H,4-7,12-16H2,1-3H3,(H2,30,31,33)/t23?,24-/m1/s1. The monoisotopic (exact) mass is 515 g/mol. The van der Waals surface area contributed by atoms with Crippen LogP contribution < -0.4 is 24.8 Å². The summed E-state index contributed by atoms with van der Waals surface area (Å²) in [7, 11) is 4.68. The van der Waals surface area contributed by atoms with Gasteiger partial charge in [0.25, 0.3) is 0 Å². The van der Waals surface area contributed by atoms with Crippen molar-refractivity contribution in [3.63, 3.8) is 0 Å². The second kappa shape index (κ2) is 12.5. The highest BCUT2D eigenvalue weighted by molar-refractivity contribution is 6.30. The Morgan fingerprint density at radius 2 is 1.58 bits per heavy atom. The average molecular weight is 516 g/mol. The average Bonchev–Trinajstić information content (AvgIpc) is 2.90. The van der Waals surface area contributed by atoms with Gasteiger partial charge in [0.15, 0.2) is 11.5 Å². The minimum Gasteiger partial charge on any atom is -0.493 e. The molecule has 2 aromatic rings. The summed E-state index contributed by atoms with van der Waals surface area (Å²) in [4.78, 5) is 15.6. The number of anilines is 1. The number of likely N-dealkylation sites (tertiary alicyclic amines) is 1. The summed E-state index contributed by atoms with van der Waals surface area (Å²) in [5, 5.41) is 7.01. The Balaban J connectivity index is 1.33. The fourth-order valence-electron chi connectivity index (χ4n) is 5.65. The van der Waals surface area contributed by atoms with E-state index in [0.717, 1.165) is 43.8 Å². The van der Waals surface area contributed by atoms with Gasteiger partial charge in [-0.05, 0) is 68.8 Å². The van der Waals surface area contributed by atoms with E-state index in [4.69, 9.17) is 25.8 Å². The summed E-state index contributed by atoms with van der Waals surface area (Å²) < 4.78 is 16.2. The first-order valence-corrected chi connectivity index (χ1v) is 13.2. The van der Waals surface area contributed by atoms with Crippen LogP contribution in [0.3, 0.4) is 0 Å². The van der Waals surface area contributed by atoms with Gasteiger partial charge in [-0.3, -0.25) is 4.90 Å². The van der Waals surface area contributed by atoms with Crippen molar-refractivity contribution in [1.29, 1.82) is 0 Å². The van der Waals surface area contributed by atoms with E-state index >= 15 is 0 Å². The molecule has 1 saturated heterocycles. The van der Waals surface area contributed by atoms with Crippen LogP contribution in [-0.4, -0.2) is 57.4 Å². The van der Waals surface area contributed by atoms with Crippen LogP contribution in [0.25, 0.3) is 0 Å². The van der Waals surface area contributed by atoms with Gasteiger partial charge in [-0.15, -0.1) is 0 Å². The molecule has 36 heavy (non-hydrogen) atoms. The molecule has 8 heteroatoms. The molecule has 1 aliphatic heterocycles. The maximum atomic E-state index is 13.0. The largest absolute Gasteiger partial charge is 0.493 e. The van der Waals surface area contributed by atoms with Gasteiger partial charge in [0.2, 0.25) is 5.75 Å². The summed E-state index contributed by atoms with van der Waals surface area (Å²) in [6, 6.07) is 12.0. The zero-order valence-electron chi connectivity index (χ0n) is 21.5. The van der Waals surface area contributed by atoms with Crippen molar-refractivity contribution in [2.24, 2.45) is 5.92 Å². The lowest BCUT2D eigenvalue weighted by molar-refractivity contribution is 0.0859. The number of ether oxygens (including phenoxy) is 3. The third kappa shape index (κ3) is 6.56. The van der Waals surface area contributed by atoms with E-state index in [0.29, 0.717) is 34.9 Å².